The van der Waals surface area contributed by atoms with Gasteiger partial charge in [0.15, 0.2) is 0 Å². The molecule has 0 spiro atoms. The third kappa shape index (κ3) is 2.65. The van der Waals surface area contributed by atoms with Crippen molar-refractivity contribution in [3.8, 4) is 0 Å². The summed E-state index contributed by atoms with van der Waals surface area (Å²) in [6.45, 7) is 7.56. The number of amides is 1. The maximum atomic E-state index is 12.5. The second kappa shape index (κ2) is 4.97. The van der Waals surface area contributed by atoms with Crippen LogP contribution in [0.1, 0.15) is 46.5 Å². The summed E-state index contributed by atoms with van der Waals surface area (Å²) in [5, 5.41) is 0. The number of hydrogen-bond donors (Lipinski definition) is 1. The van der Waals surface area contributed by atoms with Crippen molar-refractivity contribution in [2.45, 2.75) is 58.5 Å². The van der Waals surface area contributed by atoms with Crippen LogP contribution in [0.2, 0.25) is 0 Å². The fraction of sp³-hybridized carbons (Fsp3) is 0.929. The molecule has 1 saturated carbocycles. The van der Waals surface area contributed by atoms with E-state index in [1.807, 2.05) is 0 Å². The van der Waals surface area contributed by atoms with Crippen LogP contribution in [-0.2, 0) is 4.79 Å². The van der Waals surface area contributed by atoms with E-state index in [1.54, 1.807) is 0 Å². The smallest absolute Gasteiger partial charge is 0.225 e. The third-order valence-corrected chi connectivity index (χ3v) is 4.65. The maximum absolute atomic E-state index is 12.5. The zero-order chi connectivity index (χ0) is 12.6. The van der Waals surface area contributed by atoms with E-state index in [0.29, 0.717) is 29.8 Å². The highest BCUT2D eigenvalue weighted by molar-refractivity contribution is 5.79. The van der Waals surface area contributed by atoms with Crippen LogP contribution in [0, 0.1) is 17.8 Å². The standard InChI is InChI=1S/C14H26N2O/c1-9-6-11(3)16(8-9)14(17)12-4-5-13(15)10(2)7-12/h9-13H,4-8,15H2,1-3H3. The van der Waals surface area contributed by atoms with Crippen molar-refractivity contribution < 1.29 is 4.79 Å². The van der Waals surface area contributed by atoms with Gasteiger partial charge in [-0.2, -0.15) is 0 Å². The van der Waals surface area contributed by atoms with E-state index in [4.69, 9.17) is 5.73 Å². The molecule has 1 aliphatic carbocycles. The van der Waals surface area contributed by atoms with Gasteiger partial charge in [0.05, 0.1) is 0 Å². The average molecular weight is 238 g/mol. The quantitative estimate of drug-likeness (QED) is 0.759. The van der Waals surface area contributed by atoms with E-state index in [1.165, 1.54) is 0 Å². The zero-order valence-corrected chi connectivity index (χ0v) is 11.4. The summed E-state index contributed by atoms with van der Waals surface area (Å²) in [5.41, 5.74) is 6.02. The number of carbonyl (C=O) groups excluding carboxylic acids is 1. The second-order valence-corrected chi connectivity index (χ2v) is 6.33. The van der Waals surface area contributed by atoms with Crippen LogP contribution in [0.4, 0.5) is 0 Å². The predicted octanol–water partition coefficient (Wildman–Crippen LogP) is 2.01. The Morgan fingerprint density at radius 3 is 2.41 bits per heavy atom. The fourth-order valence-corrected chi connectivity index (χ4v) is 3.49. The molecule has 3 nitrogen and oxygen atoms in total. The van der Waals surface area contributed by atoms with Crippen molar-refractivity contribution >= 4 is 5.91 Å². The molecule has 98 valence electrons. The second-order valence-electron chi connectivity index (χ2n) is 6.33. The number of carbonyl (C=O) groups is 1. The molecule has 0 radical (unpaired) electrons. The van der Waals surface area contributed by atoms with Crippen molar-refractivity contribution in [1.29, 1.82) is 0 Å². The molecule has 0 aromatic carbocycles. The third-order valence-electron chi connectivity index (χ3n) is 4.65. The van der Waals surface area contributed by atoms with Gasteiger partial charge in [-0.25, -0.2) is 0 Å². The van der Waals surface area contributed by atoms with Crippen molar-refractivity contribution in [1.82, 2.24) is 4.90 Å². The molecule has 2 fully saturated rings. The summed E-state index contributed by atoms with van der Waals surface area (Å²) < 4.78 is 0. The molecule has 2 N–H and O–H groups in total. The highest BCUT2D eigenvalue weighted by atomic mass is 16.2. The summed E-state index contributed by atoms with van der Waals surface area (Å²) in [6, 6.07) is 0.734. The molecule has 5 atom stereocenters. The molecule has 3 heteroatoms. The Balaban J connectivity index is 1.96. The minimum absolute atomic E-state index is 0.234. The summed E-state index contributed by atoms with van der Waals surface area (Å²) in [5.74, 6) is 1.78. The largest absolute Gasteiger partial charge is 0.339 e. The molecule has 0 aromatic heterocycles. The Bertz CT molecular complexity index is 292. The number of nitrogens with zero attached hydrogens (tertiary/aromatic N) is 1. The van der Waals surface area contributed by atoms with Crippen LogP contribution in [0.15, 0.2) is 0 Å². The molecule has 2 rings (SSSR count). The Kier molecular flexibility index (Phi) is 3.76. The van der Waals surface area contributed by atoms with Gasteiger partial charge in [-0.3, -0.25) is 4.79 Å². The van der Waals surface area contributed by atoms with Crippen molar-refractivity contribution in [3.63, 3.8) is 0 Å². The Hall–Kier alpha value is -0.570. The van der Waals surface area contributed by atoms with E-state index < -0.39 is 0 Å². The monoisotopic (exact) mass is 238 g/mol. The molecule has 2 aliphatic rings. The molecule has 1 saturated heterocycles. The molecular weight excluding hydrogens is 212 g/mol. The maximum Gasteiger partial charge on any atom is 0.225 e. The van der Waals surface area contributed by atoms with Crippen LogP contribution >= 0.6 is 0 Å². The normalized spacial score (nSPS) is 42.8. The van der Waals surface area contributed by atoms with Gasteiger partial charge in [0.1, 0.15) is 0 Å². The van der Waals surface area contributed by atoms with Crippen LogP contribution in [-0.4, -0.2) is 29.4 Å². The van der Waals surface area contributed by atoms with Crippen LogP contribution < -0.4 is 5.73 Å². The van der Waals surface area contributed by atoms with E-state index in [-0.39, 0.29) is 5.92 Å². The Morgan fingerprint density at radius 1 is 1.18 bits per heavy atom. The van der Waals surface area contributed by atoms with Crippen LogP contribution in [0.5, 0.6) is 0 Å². The van der Waals surface area contributed by atoms with Crippen LogP contribution in [0.3, 0.4) is 0 Å². The lowest BCUT2D eigenvalue weighted by Crippen LogP contribution is -2.43. The fourth-order valence-electron chi connectivity index (χ4n) is 3.49. The van der Waals surface area contributed by atoms with E-state index in [9.17, 15) is 4.79 Å². The van der Waals surface area contributed by atoms with Gasteiger partial charge in [-0.05, 0) is 44.4 Å². The van der Waals surface area contributed by atoms with Crippen molar-refractivity contribution in [3.05, 3.63) is 0 Å². The summed E-state index contributed by atoms with van der Waals surface area (Å²) in [7, 11) is 0. The van der Waals surface area contributed by atoms with Crippen molar-refractivity contribution in [2.24, 2.45) is 23.5 Å². The first-order valence-corrected chi connectivity index (χ1v) is 7.05. The Labute approximate surface area is 105 Å². The molecule has 17 heavy (non-hydrogen) atoms. The van der Waals surface area contributed by atoms with Gasteiger partial charge < -0.3 is 10.6 Å². The minimum Gasteiger partial charge on any atom is -0.339 e. The topological polar surface area (TPSA) is 46.3 Å². The molecule has 1 heterocycles. The predicted molar refractivity (Wildman–Crippen MR) is 69.4 cm³/mol. The molecule has 0 bridgehead atoms. The van der Waals surface area contributed by atoms with E-state index >= 15 is 0 Å². The summed E-state index contributed by atoms with van der Waals surface area (Å²) in [6.07, 6.45) is 4.14. The van der Waals surface area contributed by atoms with Gasteiger partial charge in [0, 0.05) is 24.5 Å². The SMILES string of the molecule is CC1CC(C)N(C(=O)C2CCC(N)C(C)C2)C1. The van der Waals surface area contributed by atoms with Gasteiger partial charge in [-0.1, -0.05) is 13.8 Å². The van der Waals surface area contributed by atoms with E-state index in [0.717, 1.165) is 32.2 Å². The van der Waals surface area contributed by atoms with Gasteiger partial charge >= 0.3 is 0 Å². The summed E-state index contributed by atoms with van der Waals surface area (Å²) in [4.78, 5) is 14.6. The van der Waals surface area contributed by atoms with Gasteiger partial charge in [0.25, 0.3) is 0 Å². The molecule has 0 aromatic rings. The number of rotatable bonds is 1. The number of hydrogen-bond acceptors (Lipinski definition) is 2. The van der Waals surface area contributed by atoms with Crippen molar-refractivity contribution in [2.75, 3.05) is 6.54 Å². The highest BCUT2D eigenvalue weighted by Gasteiger charge is 2.36. The molecule has 5 unspecified atom stereocenters. The average Bonchev–Trinajstić information content (AvgIpc) is 2.61. The van der Waals surface area contributed by atoms with Crippen LogP contribution in [0.25, 0.3) is 0 Å². The summed E-state index contributed by atoms with van der Waals surface area (Å²) >= 11 is 0. The first kappa shape index (κ1) is 12.9. The lowest BCUT2D eigenvalue weighted by molar-refractivity contribution is -0.137. The lowest BCUT2D eigenvalue weighted by atomic mass is 9.78. The molecule has 1 amide bonds. The lowest BCUT2D eigenvalue weighted by Gasteiger charge is -2.34. The zero-order valence-electron chi connectivity index (χ0n) is 11.4. The molecule has 1 aliphatic heterocycles. The highest BCUT2D eigenvalue weighted by Crippen LogP contribution is 2.32. The Morgan fingerprint density at radius 2 is 1.88 bits per heavy atom. The number of likely N-dealkylation sites (tertiary alicyclic amines) is 1. The number of nitrogens with two attached hydrogens (primary N) is 1. The minimum atomic E-state index is 0.234. The van der Waals surface area contributed by atoms with E-state index in [2.05, 4.69) is 25.7 Å². The van der Waals surface area contributed by atoms with Gasteiger partial charge in [0.2, 0.25) is 5.91 Å². The first-order chi connectivity index (χ1) is 7.99. The first-order valence-electron chi connectivity index (χ1n) is 7.05. The van der Waals surface area contributed by atoms with Gasteiger partial charge in [-0.15, -0.1) is 0 Å². The molecular formula is C14H26N2O.